The molecule has 8 nitrogen and oxygen atoms in total. The van der Waals surface area contributed by atoms with Crippen LogP contribution in [-0.2, 0) is 38.7 Å². The van der Waals surface area contributed by atoms with Gasteiger partial charge in [0.2, 0.25) is 6.29 Å². The average Bonchev–Trinajstić information content (AvgIpc) is 2.85. The first-order valence-corrected chi connectivity index (χ1v) is 12.9. The van der Waals surface area contributed by atoms with Gasteiger partial charge in [0.1, 0.15) is 11.7 Å². The van der Waals surface area contributed by atoms with Crippen LogP contribution in [0.1, 0.15) is 41.0 Å². The second-order valence-electron chi connectivity index (χ2n) is 9.09. The summed E-state index contributed by atoms with van der Waals surface area (Å²) < 4.78 is 50.5. The Morgan fingerprint density at radius 2 is 1.61 bits per heavy atom. The number of carbonyl (C=O) groups is 3. The number of pyridine rings is 1. The van der Waals surface area contributed by atoms with Crippen molar-refractivity contribution in [1.29, 1.82) is 0 Å². The van der Waals surface area contributed by atoms with Gasteiger partial charge < -0.3 is 19.4 Å². The van der Waals surface area contributed by atoms with Gasteiger partial charge in [-0.3, -0.25) is 14.4 Å². The molecule has 0 spiro atoms. The smallest absolute Gasteiger partial charge is 0.426 e. The van der Waals surface area contributed by atoms with E-state index in [4.69, 9.17) is 32.7 Å². The average molecular weight is 613 g/mol. The number of esters is 2. The van der Waals surface area contributed by atoms with E-state index in [9.17, 15) is 32.3 Å². The van der Waals surface area contributed by atoms with Crippen molar-refractivity contribution in [2.75, 3.05) is 0 Å². The predicted octanol–water partition coefficient (Wildman–Crippen LogP) is 5.48. The molecule has 1 N–H and O–H groups in total. The summed E-state index contributed by atoms with van der Waals surface area (Å²) in [4.78, 5) is 50.0. The van der Waals surface area contributed by atoms with E-state index < -0.39 is 47.6 Å². The van der Waals surface area contributed by atoms with E-state index in [1.165, 1.54) is 38.1 Å². The number of nitrogens with zero attached hydrogens (tertiary/aromatic N) is 1. The highest BCUT2D eigenvalue weighted by Gasteiger charge is 2.35. The maximum Gasteiger partial charge on any atom is 0.431 e. The number of alkyl halides is 3. The van der Waals surface area contributed by atoms with Crippen molar-refractivity contribution in [3.63, 3.8) is 0 Å². The van der Waals surface area contributed by atoms with E-state index in [2.05, 4.69) is 5.32 Å². The first-order chi connectivity index (χ1) is 19.1. The molecule has 218 valence electrons. The lowest BCUT2D eigenvalue weighted by molar-refractivity contribution is -0.184. The molecule has 41 heavy (non-hydrogen) atoms. The summed E-state index contributed by atoms with van der Waals surface area (Å²) in [5.74, 6) is -2.37. The number of rotatable bonds is 8. The van der Waals surface area contributed by atoms with E-state index in [0.29, 0.717) is 15.7 Å². The predicted molar refractivity (Wildman–Crippen MR) is 146 cm³/mol. The number of halogens is 5. The van der Waals surface area contributed by atoms with Gasteiger partial charge >= 0.3 is 18.1 Å². The highest BCUT2D eigenvalue weighted by molar-refractivity contribution is 6.39. The normalized spacial score (nSPS) is 12.8. The Bertz CT molecular complexity index is 1520. The van der Waals surface area contributed by atoms with Gasteiger partial charge in [-0.1, -0.05) is 53.5 Å². The third kappa shape index (κ3) is 7.68. The Kier molecular flexibility index (Phi) is 9.88. The molecule has 13 heteroatoms. The Labute approximate surface area is 243 Å². The molecule has 0 radical (unpaired) electrons. The van der Waals surface area contributed by atoms with E-state index in [0.717, 1.165) is 20.0 Å². The third-order valence-corrected chi connectivity index (χ3v) is 6.62. The molecule has 0 saturated carbocycles. The molecule has 0 aliphatic carbocycles. The topological polar surface area (TPSA) is 104 Å². The molecule has 1 unspecified atom stereocenters. The molecule has 0 bridgehead atoms. The molecule has 3 aromatic rings. The number of amides is 1. The van der Waals surface area contributed by atoms with E-state index in [1.807, 2.05) is 0 Å². The first kappa shape index (κ1) is 31.7. The van der Waals surface area contributed by atoms with Gasteiger partial charge in [-0.25, -0.2) is 4.79 Å². The molecule has 1 amide bonds. The maximum atomic E-state index is 13.3. The van der Waals surface area contributed by atoms with Gasteiger partial charge in [0, 0.05) is 27.3 Å². The molecule has 1 aromatic heterocycles. The van der Waals surface area contributed by atoms with Crippen LogP contribution < -0.4 is 10.9 Å². The summed E-state index contributed by atoms with van der Waals surface area (Å²) in [6.45, 7) is 3.87. The summed E-state index contributed by atoms with van der Waals surface area (Å²) >= 11 is 12.3. The minimum atomic E-state index is -4.70. The van der Waals surface area contributed by atoms with Crippen LogP contribution in [0, 0.1) is 6.92 Å². The van der Waals surface area contributed by atoms with Crippen LogP contribution in [0.3, 0.4) is 0 Å². The Hall–Kier alpha value is -3.83. The van der Waals surface area contributed by atoms with Crippen molar-refractivity contribution in [3.8, 4) is 11.1 Å². The fourth-order valence-corrected chi connectivity index (χ4v) is 4.70. The first-order valence-electron chi connectivity index (χ1n) is 12.1. The summed E-state index contributed by atoms with van der Waals surface area (Å²) in [5.41, 5.74) is -0.879. The minimum Gasteiger partial charge on any atom is -0.426 e. The molecule has 3 rings (SSSR count). The Morgan fingerprint density at radius 1 is 1.02 bits per heavy atom. The molecular weight excluding hydrogens is 588 g/mol. The number of hydrogen-bond acceptors (Lipinski definition) is 6. The van der Waals surface area contributed by atoms with E-state index >= 15 is 0 Å². The zero-order valence-electron chi connectivity index (χ0n) is 22.3. The molecule has 0 fully saturated rings. The summed E-state index contributed by atoms with van der Waals surface area (Å²) in [7, 11) is 1.05. The molecule has 2 atom stereocenters. The monoisotopic (exact) mass is 612 g/mol. The van der Waals surface area contributed by atoms with Crippen LogP contribution in [-0.4, -0.2) is 34.7 Å². The van der Waals surface area contributed by atoms with Gasteiger partial charge in [0.25, 0.3) is 11.5 Å². The highest BCUT2D eigenvalue weighted by atomic mass is 35.5. The fraction of sp³-hybridized carbons (Fsp3) is 0.286. The number of benzene rings is 2. The quantitative estimate of drug-likeness (QED) is 0.267. The largest absolute Gasteiger partial charge is 0.431 e. The molecular formula is C28H25Cl2F3N2O6. The van der Waals surface area contributed by atoms with Gasteiger partial charge in [-0.2, -0.15) is 13.2 Å². The van der Waals surface area contributed by atoms with Crippen LogP contribution in [0.15, 0.2) is 53.3 Å². The summed E-state index contributed by atoms with van der Waals surface area (Å²) in [5, 5.41) is 2.63. The summed E-state index contributed by atoms with van der Waals surface area (Å²) in [6.07, 6.45) is -6.05. The Balaban J connectivity index is 1.92. The lowest BCUT2D eigenvalue weighted by Crippen LogP contribution is -2.44. The lowest BCUT2D eigenvalue weighted by atomic mass is 9.98. The number of hydrogen-bond donors (Lipinski definition) is 1. The molecule has 0 aliphatic heterocycles. The lowest BCUT2D eigenvalue weighted by Gasteiger charge is -2.21. The second-order valence-corrected chi connectivity index (χ2v) is 9.90. The minimum absolute atomic E-state index is 0.0493. The second kappa shape index (κ2) is 12.8. The van der Waals surface area contributed by atoms with Crippen LogP contribution in [0.25, 0.3) is 11.1 Å². The van der Waals surface area contributed by atoms with Crippen molar-refractivity contribution < 1.29 is 37.0 Å². The van der Waals surface area contributed by atoms with Crippen LogP contribution >= 0.6 is 23.2 Å². The maximum absolute atomic E-state index is 13.3. The number of carbonyl (C=O) groups excluding carboxylic acids is 3. The van der Waals surface area contributed by atoms with E-state index in [-0.39, 0.29) is 33.2 Å². The SMILES string of the molecule is CC(=O)OC(C)OC(=O)[C@H](Cc1ccc(-c2c(C)cc(C(F)(F)F)n(C)c2=O)cc1)NC(=O)c1c(Cl)cccc1Cl. The van der Waals surface area contributed by atoms with E-state index in [1.54, 1.807) is 18.2 Å². The van der Waals surface area contributed by atoms with Crippen LogP contribution in [0.4, 0.5) is 13.2 Å². The van der Waals surface area contributed by atoms with Gasteiger partial charge in [-0.05, 0) is 41.8 Å². The number of ether oxygens (including phenoxy) is 2. The fourth-order valence-electron chi connectivity index (χ4n) is 4.13. The number of aromatic nitrogens is 1. The standard InChI is InChI=1S/C28H25Cl2F3N2O6/c1-14-12-22(28(31,32)33)35(4)26(38)23(14)18-10-8-17(9-11-18)13-21(27(39)41-16(3)40-15(2)36)34-25(37)24-19(29)6-5-7-20(24)30/h5-12,16,21H,13H2,1-4H3,(H,34,37)/t16?,21-/m0/s1. The molecule has 0 saturated heterocycles. The Morgan fingerprint density at radius 3 is 2.15 bits per heavy atom. The van der Waals surface area contributed by atoms with Gasteiger partial charge in [-0.15, -0.1) is 0 Å². The molecule has 1 heterocycles. The van der Waals surface area contributed by atoms with Crippen molar-refractivity contribution in [1.82, 2.24) is 9.88 Å². The van der Waals surface area contributed by atoms with Crippen LogP contribution in [0.2, 0.25) is 10.0 Å². The number of aryl methyl sites for hydroxylation is 1. The van der Waals surface area contributed by atoms with Gasteiger partial charge in [0.05, 0.1) is 21.2 Å². The molecule has 0 aliphatic rings. The van der Waals surface area contributed by atoms with Crippen LogP contribution in [0.5, 0.6) is 0 Å². The third-order valence-electron chi connectivity index (χ3n) is 5.99. The van der Waals surface area contributed by atoms with Crippen molar-refractivity contribution in [3.05, 3.63) is 91.3 Å². The van der Waals surface area contributed by atoms with Crippen molar-refractivity contribution in [2.24, 2.45) is 7.05 Å². The number of nitrogens with one attached hydrogen (secondary N) is 1. The van der Waals surface area contributed by atoms with Gasteiger partial charge in [0.15, 0.2) is 0 Å². The molecule has 2 aromatic carbocycles. The van der Waals surface area contributed by atoms with Crippen molar-refractivity contribution in [2.45, 2.75) is 45.7 Å². The zero-order valence-corrected chi connectivity index (χ0v) is 23.8. The zero-order chi connectivity index (χ0) is 30.6. The highest BCUT2D eigenvalue weighted by Crippen LogP contribution is 2.31. The van der Waals surface area contributed by atoms with Crippen molar-refractivity contribution >= 4 is 41.0 Å². The summed E-state index contributed by atoms with van der Waals surface area (Å²) in [6, 6.07) is 10.2.